The van der Waals surface area contributed by atoms with Crippen LogP contribution in [0.4, 0.5) is 0 Å². The molecule has 1 aliphatic rings. The second-order valence-electron chi connectivity index (χ2n) is 2.89. The van der Waals surface area contributed by atoms with Gasteiger partial charge in [0.25, 0.3) is 0 Å². The fourth-order valence-electron chi connectivity index (χ4n) is 1.30. The molecule has 2 nitrogen and oxygen atoms in total. The number of ether oxygens (including phenoxy) is 1. The fourth-order valence-corrected chi connectivity index (χ4v) is 1.30. The lowest BCUT2D eigenvalue weighted by molar-refractivity contribution is 0.0666. The molecule has 1 aliphatic heterocycles. The Hall–Kier alpha value is -0.520. The van der Waals surface area contributed by atoms with Crippen molar-refractivity contribution in [1.29, 1.82) is 0 Å². The standard InChI is InChI=1S/C9H15NO/c1-2-5-10-8-9-3-6-11-7-4-9/h1,9-10H,3-8H2. The topological polar surface area (TPSA) is 21.3 Å². The van der Waals surface area contributed by atoms with E-state index in [0.29, 0.717) is 6.54 Å². The van der Waals surface area contributed by atoms with E-state index >= 15 is 0 Å². The van der Waals surface area contributed by atoms with E-state index in [9.17, 15) is 0 Å². The molecule has 0 amide bonds. The van der Waals surface area contributed by atoms with Crippen molar-refractivity contribution in [2.45, 2.75) is 12.8 Å². The minimum atomic E-state index is 0.692. The van der Waals surface area contributed by atoms with Crippen LogP contribution in [0.15, 0.2) is 0 Å². The van der Waals surface area contributed by atoms with E-state index in [4.69, 9.17) is 11.2 Å². The van der Waals surface area contributed by atoms with E-state index < -0.39 is 0 Å². The van der Waals surface area contributed by atoms with Gasteiger partial charge in [-0.3, -0.25) is 0 Å². The van der Waals surface area contributed by atoms with Crippen molar-refractivity contribution < 1.29 is 4.74 Å². The van der Waals surface area contributed by atoms with Crippen molar-refractivity contribution in [2.24, 2.45) is 5.92 Å². The largest absolute Gasteiger partial charge is 0.381 e. The van der Waals surface area contributed by atoms with Crippen LogP contribution in [0, 0.1) is 18.3 Å². The number of hydrogen-bond donors (Lipinski definition) is 1. The lowest BCUT2D eigenvalue weighted by Crippen LogP contribution is -2.27. The summed E-state index contributed by atoms with van der Waals surface area (Å²) in [5.74, 6) is 3.34. The van der Waals surface area contributed by atoms with E-state index in [0.717, 1.165) is 25.7 Å². The van der Waals surface area contributed by atoms with E-state index in [-0.39, 0.29) is 0 Å². The summed E-state index contributed by atoms with van der Waals surface area (Å²) < 4.78 is 5.24. The highest BCUT2D eigenvalue weighted by molar-refractivity contribution is 4.86. The fraction of sp³-hybridized carbons (Fsp3) is 0.778. The maximum absolute atomic E-state index is 5.24. The summed E-state index contributed by atoms with van der Waals surface area (Å²) in [5, 5.41) is 3.21. The van der Waals surface area contributed by atoms with Gasteiger partial charge >= 0.3 is 0 Å². The van der Waals surface area contributed by atoms with E-state index in [1.54, 1.807) is 0 Å². The molecule has 0 aliphatic carbocycles. The van der Waals surface area contributed by atoms with E-state index in [2.05, 4.69) is 11.2 Å². The molecule has 1 N–H and O–H groups in total. The van der Waals surface area contributed by atoms with Gasteiger partial charge in [-0.2, -0.15) is 0 Å². The molecule has 1 saturated heterocycles. The van der Waals surface area contributed by atoms with Gasteiger partial charge in [-0.25, -0.2) is 0 Å². The van der Waals surface area contributed by atoms with Gasteiger partial charge in [-0.15, -0.1) is 6.42 Å². The Bertz CT molecular complexity index is 133. The molecule has 0 aromatic heterocycles. The van der Waals surface area contributed by atoms with Gasteiger partial charge in [0.15, 0.2) is 0 Å². The summed E-state index contributed by atoms with van der Waals surface area (Å²) in [5.41, 5.74) is 0. The van der Waals surface area contributed by atoms with Crippen molar-refractivity contribution >= 4 is 0 Å². The molecule has 11 heavy (non-hydrogen) atoms. The van der Waals surface area contributed by atoms with E-state index in [1.807, 2.05) is 0 Å². The Balaban J connectivity index is 2.01. The minimum Gasteiger partial charge on any atom is -0.381 e. The molecule has 1 heterocycles. The summed E-state index contributed by atoms with van der Waals surface area (Å²) in [6.45, 7) is 3.58. The second-order valence-corrected chi connectivity index (χ2v) is 2.89. The first-order valence-electron chi connectivity index (χ1n) is 4.15. The number of nitrogens with one attached hydrogen (secondary N) is 1. The van der Waals surface area contributed by atoms with Crippen LogP contribution in [-0.2, 0) is 4.74 Å². The monoisotopic (exact) mass is 153 g/mol. The molecule has 0 bridgehead atoms. The van der Waals surface area contributed by atoms with Crippen molar-refractivity contribution in [1.82, 2.24) is 5.32 Å². The molecule has 1 fully saturated rings. The van der Waals surface area contributed by atoms with Crippen LogP contribution >= 0.6 is 0 Å². The first kappa shape index (κ1) is 8.58. The SMILES string of the molecule is C#CCNCC1CCOCC1. The lowest BCUT2D eigenvalue weighted by atomic mass is 10.0. The van der Waals surface area contributed by atoms with Crippen LogP contribution in [0.2, 0.25) is 0 Å². The maximum Gasteiger partial charge on any atom is 0.0573 e. The van der Waals surface area contributed by atoms with Crippen LogP contribution in [0.1, 0.15) is 12.8 Å². The summed E-state index contributed by atoms with van der Waals surface area (Å²) in [6.07, 6.45) is 7.46. The van der Waals surface area contributed by atoms with E-state index in [1.165, 1.54) is 12.8 Å². The van der Waals surface area contributed by atoms with Crippen LogP contribution in [0.25, 0.3) is 0 Å². The third kappa shape index (κ3) is 3.41. The first-order valence-corrected chi connectivity index (χ1v) is 4.15. The Morgan fingerprint density at radius 2 is 2.18 bits per heavy atom. The van der Waals surface area contributed by atoms with Crippen molar-refractivity contribution in [2.75, 3.05) is 26.3 Å². The normalized spacial score (nSPS) is 19.5. The highest BCUT2D eigenvalue weighted by atomic mass is 16.5. The zero-order valence-electron chi connectivity index (χ0n) is 6.81. The average Bonchev–Trinajstić information content (AvgIpc) is 2.07. The second kappa shape index (κ2) is 5.17. The van der Waals surface area contributed by atoms with Gasteiger partial charge in [0.1, 0.15) is 0 Å². The first-order chi connectivity index (χ1) is 5.43. The van der Waals surface area contributed by atoms with Gasteiger partial charge < -0.3 is 10.1 Å². The van der Waals surface area contributed by atoms with Gasteiger partial charge in [-0.05, 0) is 25.3 Å². The van der Waals surface area contributed by atoms with Crippen LogP contribution < -0.4 is 5.32 Å². The quantitative estimate of drug-likeness (QED) is 0.474. The van der Waals surface area contributed by atoms with Crippen molar-refractivity contribution in [3.63, 3.8) is 0 Å². The van der Waals surface area contributed by atoms with Gasteiger partial charge in [0.05, 0.1) is 6.54 Å². The molecule has 0 aromatic carbocycles. The van der Waals surface area contributed by atoms with Crippen molar-refractivity contribution in [3.8, 4) is 12.3 Å². The molecular weight excluding hydrogens is 138 g/mol. The summed E-state index contributed by atoms with van der Waals surface area (Å²) in [4.78, 5) is 0. The summed E-state index contributed by atoms with van der Waals surface area (Å²) in [6, 6.07) is 0. The predicted octanol–water partition coefficient (Wildman–Crippen LogP) is 0.636. The molecule has 0 atom stereocenters. The number of terminal acetylenes is 1. The lowest BCUT2D eigenvalue weighted by Gasteiger charge is -2.21. The molecule has 62 valence electrons. The Labute approximate surface area is 68.3 Å². The summed E-state index contributed by atoms with van der Waals surface area (Å²) in [7, 11) is 0. The molecule has 0 saturated carbocycles. The number of rotatable bonds is 3. The third-order valence-corrected chi connectivity index (χ3v) is 2.00. The van der Waals surface area contributed by atoms with Crippen LogP contribution in [-0.4, -0.2) is 26.3 Å². The van der Waals surface area contributed by atoms with Crippen molar-refractivity contribution in [3.05, 3.63) is 0 Å². The molecule has 2 heteroatoms. The zero-order chi connectivity index (χ0) is 7.94. The van der Waals surface area contributed by atoms with Gasteiger partial charge in [-0.1, -0.05) is 5.92 Å². The molecule has 1 rings (SSSR count). The highest BCUT2D eigenvalue weighted by Crippen LogP contribution is 2.12. The summed E-state index contributed by atoms with van der Waals surface area (Å²) >= 11 is 0. The Kier molecular flexibility index (Phi) is 4.03. The third-order valence-electron chi connectivity index (χ3n) is 2.00. The molecule has 0 radical (unpaired) electrons. The minimum absolute atomic E-state index is 0.692. The molecule has 0 unspecified atom stereocenters. The smallest absolute Gasteiger partial charge is 0.0573 e. The Morgan fingerprint density at radius 1 is 1.45 bits per heavy atom. The zero-order valence-corrected chi connectivity index (χ0v) is 6.81. The maximum atomic E-state index is 5.24. The molecule has 0 spiro atoms. The van der Waals surface area contributed by atoms with Crippen LogP contribution in [0.5, 0.6) is 0 Å². The predicted molar refractivity (Wildman–Crippen MR) is 45.2 cm³/mol. The molecule has 0 aromatic rings. The van der Waals surface area contributed by atoms with Crippen LogP contribution in [0.3, 0.4) is 0 Å². The number of hydrogen-bond acceptors (Lipinski definition) is 2. The average molecular weight is 153 g/mol. The molecular formula is C9H15NO. The van der Waals surface area contributed by atoms with Gasteiger partial charge in [0.2, 0.25) is 0 Å². The van der Waals surface area contributed by atoms with Gasteiger partial charge in [0, 0.05) is 13.2 Å². The highest BCUT2D eigenvalue weighted by Gasteiger charge is 2.12. The Morgan fingerprint density at radius 3 is 2.82 bits per heavy atom.